The zero-order chi connectivity index (χ0) is 13.7. The summed E-state index contributed by atoms with van der Waals surface area (Å²) in [5.74, 6) is -1.46. The summed E-state index contributed by atoms with van der Waals surface area (Å²) in [6.45, 7) is 1.50. The Labute approximate surface area is 109 Å². The molecule has 4 atom stereocenters. The molecule has 0 aliphatic carbocycles. The second kappa shape index (κ2) is 4.26. The molecular formula is C9H11BrFN3O4. The Bertz CT molecular complexity index is 535. The summed E-state index contributed by atoms with van der Waals surface area (Å²) in [7, 11) is 0. The monoisotopic (exact) mass is 323 g/mol. The molecule has 0 unspecified atom stereocenters. The predicted molar refractivity (Wildman–Crippen MR) is 62.3 cm³/mol. The van der Waals surface area contributed by atoms with Gasteiger partial charge < -0.3 is 20.7 Å². The van der Waals surface area contributed by atoms with Crippen molar-refractivity contribution >= 4 is 21.7 Å². The standard InChI is InChI=1S/C9H11BrFN3O4/c1-3-5(15)9(10,17)7(18-3)14-2-4(11)6(12)13-8(14)16/h2-3,5,7,15,17H,1H3,(H2,12,13,16)/t3-,5-,7-,9-/m1/s1. The number of halogens is 2. The highest BCUT2D eigenvalue weighted by Gasteiger charge is 2.53. The molecule has 0 bridgehead atoms. The van der Waals surface area contributed by atoms with Gasteiger partial charge in [0.25, 0.3) is 0 Å². The maximum absolute atomic E-state index is 13.3. The largest absolute Gasteiger partial charge is 0.386 e. The first kappa shape index (κ1) is 13.4. The predicted octanol–water partition coefficient (Wildman–Crippen LogP) is -0.674. The fourth-order valence-electron chi connectivity index (χ4n) is 1.73. The highest BCUT2D eigenvalue weighted by Crippen LogP contribution is 2.42. The van der Waals surface area contributed by atoms with Crippen molar-refractivity contribution in [3.05, 3.63) is 22.5 Å². The van der Waals surface area contributed by atoms with Gasteiger partial charge >= 0.3 is 5.69 Å². The summed E-state index contributed by atoms with van der Waals surface area (Å²) in [6.07, 6.45) is -2.56. The summed E-state index contributed by atoms with van der Waals surface area (Å²) >= 11 is 2.87. The van der Waals surface area contributed by atoms with Crippen molar-refractivity contribution in [2.24, 2.45) is 0 Å². The number of aliphatic hydroxyl groups is 2. The van der Waals surface area contributed by atoms with Crippen LogP contribution in [0.2, 0.25) is 0 Å². The first-order valence-electron chi connectivity index (χ1n) is 5.04. The number of nitrogens with two attached hydrogens (primary N) is 1. The number of aliphatic hydroxyl groups excluding tert-OH is 1. The summed E-state index contributed by atoms with van der Waals surface area (Å²) in [6, 6.07) is 0. The Hall–Kier alpha value is -1.03. The molecule has 1 aromatic rings. The minimum Gasteiger partial charge on any atom is -0.386 e. The molecule has 0 aromatic carbocycles. The van der Waals surface area contributed by atoms with Crippen molar-refractivity contribution in [1.82, 2.24) is 9.55 Å². The van der Waals surface area contributed by atoms with Gasteiger partial charge in [-0.2, -0.15) is 4.98 Å². The number of hydrogen-bond acceptors (Lipinski definition) is 6. The van der Waals surface area contributed by atoms with Crippen molar-refractivity contribution in [3.63, 3.8) is 0 Å². The number of rotatable bonds is 1. The van der Waals surface area contributed by atoms with Gasteiger partial charge in [-0.1, -0.05) is 0 Å². The van der Waals surface area contributed by atoms with Gasteiger partial charge in [-0.05, 0) is 22.9 Å². The molecule has 0 saturated carbocycles. The minimum absolute atomic E-state index is 0.541. The van der Waals surface area contributed by atoms with Crippen molar-refractivity contribution in [2.45, 2.75) is 29.9 Å². The summed E-state index contributed by atoms with van der Waals surface area (Å²) in [4.78, 5) is 14.8. The van der Waals surface area contributed by atoms with Crippen LogP contribution in [0.25, 0.3) is 0 Å². The van der Waals surface area contributed by atoms with Crippen LogP contribution in [-0.4, -0.2) is 36.5 Å². The summed E-state index contributed by atoms with van der Waals surface area (Å²) in [5, 5.41) is 19.7. The molecule has 4 N–H and O–H groups in total. The average Bonchev–Trinajstić information content (AvgIpc) is 2.48. The van der Waals surface area contributed by atoms with Gasteiger partial charge in [0.2, 0.25) is 0 Å². The molecule has 1 aliphatic rings. The fraction of sp³-hybridized carbons (Fsp3) is 0.556. The van der Waals surface area contributed by atoms with E-state index in [2.05, 4.69) is 20.9 Å². The van der Waals surface area contributed by atoms with Crippen LogP contribution in [0.15, 0.2) is 11.0 Å². The van der Waals surface area contributed by atoms with Gasteiger partial charge in [0, 0.05) is 0 Å². The third-order valence-corrected chi connectivity index (χ3v) is 3.60. The van der Waals surface area contributed by atoms with Crippen molar-refractivity contribution in [1.29, 1.82) is 0 Å². The van der Waals surface area contributed by atoms with Crippen LogP contribution in [-0.2, 0) is 4.74 Å². The molecular weight excluding hydrogens is 313 g/mol. The number of nitrogens with zero attached hydrogens (tertiary/aromatic N) is 2. The molecule has 0 radical (unpaired) electrons. The molecule has 1 saturated heterocycles. The Kier molecular flexibility index (Phi) is 3.18. The lowest BCUT2D eigenvalue weighted by atomic mass is 10.1. The first-order chi connectivity index (χ1) is 8.25. The van der Waals surface area contributed by atoms with Crippen LogP contribution >= 0.6 is 15.9 Å². The van der Waals surface area contributed by atoms with E-state index in [0.29, 0.717) is 0 Å². The zero-order valence-corrected chi connectivity index (χ0v) is 10.8. The van der Waals surface area contributed by atoms with Gasteiger partial charge in [0.1, 0.15) is 6.10 Å². The molecule has 2 rings (SSSR count). The second-order valence-corrected chi connectivity index (χ2v) is 5.30. The quantitative estimate of drug-likeness (QED) is 0.591. The minimum atomic E-state index is -1.92. The number of hydrogen-bond donors (Lipinski definition) is 3. The maximum atomic E-state index is 13.3. The number of alkyl halides is 1. The van der Waals surface area contributed by atoms with Gasteiger partial charge in [0.15, 0.2) is 22.4 Å². The van der Waals surface area contributed by atoms with E-state index < -0.39 is 40.3 Å². The smallest absolute Gasteiger partial charge is 0.351 e. The number of anilines is 1. The Morgan fingerprint density at radius 2 is 2.33 bits per heavy atom. The van der Waals surface area contributed by atoms with E-state index in [9.17, 15) is 19.4 Å². The Morgan fingerprint density at radius 1 is 1.72 bits per heavy atom. The zero-order valence-electron chi connectivity index (χ0n) is 9.25. The van der Waals surface area contributed by atoms with Gasteiger partial charge in [-0.25, -0.2) is 9.18 Å². The number of ether oxygens (including phenoxy) is 1. The van der Waals surface area contributed by atoms with E-state index in [0.717, 1.165) is 10.8 Å². The van der Waals surface area contributed by atoms with Gasteiger partial charge in [0.05, 0.1) is 12.3 Å². The highest BCUT2D eigenvalue weighted by molar-refractivity contribution is 9.10. The molecule has 1 aromatic heterocycles. The highest BCUT2D eigenvalue weighted by atomic mass is 79.9. The van der Waals surface area contributed by atoms with Gasteiger partial charge in [-0.15, -0.1) is 0 Å². The van der Waals surface area contributed by atoms with Crippen LogP contribution in [0.3, 0.4) is 0 Å². The Balaban J connectivity index is 2.51. The number of aromatic nitrogens is 2. The van der Waals surface area contributed by atoms with Crippen molar-refractivity contribution in [2.75, 3.05) is 5.73 Å². The molecule has 2 heterocycles. The fourth-order valence-corrected chi connectivity index (χ4v) is 2.44. The molecule has 9 heteroatoms. The molecule has 18 heavy (non-hydrogen) atoms. The first-order valence-corrected chi connectivity index (χ1v) is 5.83. The molecule has 1 aliphatic heterocycles. The topological polar surface area (TPSA) is 111 Å². The SMILES string of the molecule is C[C@H]1O[C@@H](n2cc(F)c(N)nc2=O)[C@@](O)(Br)[C@@H]1O. The third-order valence-electron chi connectivity index (χ3n) is 2.74. The summed E-state index contributed by atoms with van der Waals surface area (Å²) in [5.41, 5.74) is 4.26. The maximum Gasteiger partial charge on any atom is 0.351 e. The van der Waals surface area contributed by atoms with Crippen LogP contribution in [0, 0.1) is 5.82 Å². The average molecular weight is 324 g/mol. The molecule has 100 valence electrons. The van der Waals surface area contributed by atoms with Crippen molar-refractivity contribution < 1.29 is 19.3 Å². The molecule has 0 spiro atoms. The van der Waals surface area contributed by atoms with E-state index in [1.165, 1.54) is 6.92 Å². The van der Waals surface area contributed by atoms with E-state index in [4.69, 9.17) is 10.5 Å². The van der Waals surface area contributed by atoms with E-state index in [1.54, 1.807) is 0 Å². The van der Waals surface area contributed by atoms with Crippen LogP contribution in [0.1, 0.15) is 13.2 Å². The van der Waals surface area contributed by atoms with Crippen LogP contribution in [0.4, 0.5) is 10.2 Å². The Morgan fingerprint density at radius 3 is 2.83 bits per heavy atom. The molecule has 0 amide bonds. The van der Waals surface area contributed by atoms with E-state index >= 15 is 0 Å². The lowest BCUT2D eigenvalue weighted by Crippen LogP contribution is -2.43. The van der Waals surface area contributed by atoms with Gasteiger partial charge in [-0.3, -0.25) is 4.57 Å². The van der Waals surface area contributed by atoms with Crippen molar-refractivity contribution in [3.8, 4) is 0 Å². The third kappa shape index (κ3) is 1.92. The molecule has 7 nitrogen and oxygen atoms in total. The second-order valence-electron chi connectivity index (χ2n) is 4.03. The molecule has 1 fully saturated rings. The lowest BCUT2D eigenvalue weighted by molar-refractivity contribution is -0.0482. The lowest BCUT2D eigenvalue weighted by Gasteiger charge is -2.25. The summed E-state index contributed by atoms with van der Waals surface area (Å²) < 4.78 is 17.3. The van der Waals surface area contributed by atoms with E-state index in [1.807, 2.05) is 0 Å². The normalized spacial score (nSPS) is 35.9. The number of nitrogen functional groups attached to an aromatic ring is 1. The van der Waals surface area contributed by atoms with Crippen LogP contribution < -0.4 is 11.4 Å². The van der Waals surface area contributed by atoms with E-state index in [-0.39, 0.29) is 0 Å². The van der Waals surface area contributed by atoms with Crippen LogP contribution in [0.5, 0.6) is 0 Å².